The van der Waals surface area contributed by atoms with E-state index in [1.165, 1.54) is 10.6 Å². The molecule has 0 spiro atoms. The van der Waals surface area contributed by atoms with Crippen molar-refractivity contribution < 1.29 is 9.59 Å². The van der Waals surface area contributed by atoms with E-state index in [9.17, 15) is 9.59 Å². The number of pyridine rings is 1. The summed E-state index contributed by atoms with van der Waals surface area (Å²) in [5, 5.41) is -0.140. The smallest absolute Gasteiger partial charge is 0.293 e. The molecule has 0 radical (unpaired) electrons. The highest BCUT2D eigenvalue weighted by atomic mass is 32.2. The van der Waals surface area contributed by atoms with Gasteiger partial charge >= 0.3 is 0 Å². The number of amides is 2. The third kappa shape index (κ3) is 3.53. The number of carbonyl (C=O) groups is 2. The number of aryl methyl sites for hydroxylation is 1. The van der Waals surface area contributed by atoms with Crippen LogP contribution < -0.4 is 0 Å². The van der Waals surface area contributed by atoms with Crippen LogP contribution in [-0.2, 0) is 11.2 Å². The molecule has 0 saturated carbocycles. The summed E-state index contributed by atoms with van der Waals surface area (Å²) in [5.41, 5.74) is 2.14. The minimum atomic E-state index is -0.140. The number of imide groups is 1. The number of carbonyl (C=O) groups excluding carboxylic acids is 2. The van der Waals surface area contributed by atoms with Gasteiger partial charge in [0.25, 0.3) is 11.1 Å². The molecule has 1 fully saturated rings. The van der Waals surface area contributed by atoms with Gasteiger partial charge in [0.05, 0.1) is 4.91 Å². The van der Waals surface area contributed by atoms with Crippen LogP contribution in [0.25, 0.3) is 5.65 Å². The molecule has 0 aliphatic carbocycles. The van der Waals surface area contributed by atoms with Gasteiger partial charge in [0.15, 0.2) is 0 Å². The molecule has 1 aliphatic rings. The maximum atomic E-state index is 12.2. The van der Waals surface area contributed by atoms with E-state index in [4.69, 9.17) is 0 Å². The fourth-order valence-corrected chi connectivity index (χ4v) is 3.66. The monoisotopic (exact) mass is 343 g/mol. The van der Waals surface area contributed by atoms with Gasteiger partial charge in [0.1, 0.15) is 5.65 Å². The highest BCUT2D eigenvalue weighted by Gasteiger charge is 2.34. The second-order valence-corrected chi connectivity index (χ2v) is 6.80. The normalized spacial score (nSPS) is 16.7. The van der Waals surface area contributed by atoms with E-state index in [0.717, 1.165) is 49.5 Å². The second-order valence-electron chi connectivity index (χ2n) is 5.81. The lowest BCUT2D eigenvalue weighted by molar-refractivity contribution is -0.122. The molecule has 1 saturated heterocycles. The number of rotatable bonds is 7. The van der Waals surface area contributed by atoms with Gasteiger partial charge in [-0.15, -0.1) is 0 Å². The average molecular weight is 343 g/mol. The largest absolute Gasteiger partial charge is 0.304 e. The first kappa shape index (κ1) is 16.8. The fraction of sp³-hybridized carbons (Fsp3) is 0.389. The van der Waals surface area contributed by atoms with Crippen LogP contribution in [0, 0.1) is 0 Å². The van der Waals surface area contributed by atoms with Crippen LogP contribution in [0.5, 0.6) is 0 Å². The van der Waals surface area contributed by atoms with Crippen LogP contribution in [0.1, 0.15) is 38.3 Å². The van der Waals surface area contributed by atoms with Crippen LogP contribution in [0.2, 0.25) is 0 Å². The van der Waals surface area contributed by atoms with Crippen LogP contribution in [0.15, 0.2) is 41.6 Å². The molecular formula is C18H21N3O2S. The van der Waals surface area contributed by atoms with E-state index in [1.54, 1.807) is 6.20 Å². The fourth-order valence-electron chi connectivity index (χ4n) is 2.79. The van der Waals surface area contributed by atoms with Crippen molar-refractivity contribution >= 4 is 28.6 Å². The zero-order valence-electron chi connectivity index (χ0n) is 13.8. The maximum absolute atomic E-state index is 12.2. The molecule has 0 aromatic carbocycles. The molecule has 126 valence electrons. The first-order valence-corrected chi connectivity index (χ1v) is 9.17. The average Bonchev–Trinajstić information content (AvgIpc) is 3.16. The Morgan fingerprint density at radius 1 is 1.25 bits per heavy atom. The molecule has 24 heavy (non-hydrogen) atoms. The number of imidazole rings is 1. The zero-order valence-corrected chi connectivity index (χ0v) is 14.6. The number of unbranched alkanes of at least 4 members (excludes halogenated alkanes) is 2. The molecule has 3 heterocycles. The molecule has 0 atom stereocenters. The van der Waals surface area contributed by atoms with Gasteiger partial charge in [-0.05, 0) is 49.6 Å². The Morgan fingerprint density at radius 3 is 2.96 bits per heavy atom. The number of nitrogens with zero attached hydrogens (tertiary/aromatic N) is 3. The minimum Gasteiger partial charge on any atom is -0.304 e. The number of fused-ring (bicyclic) bond motifs is 1. The van der Waals surface area contributed by atoms with E-state index in [1.807, 2.05) is 24.4 Å². The Bertz CT molecular complexity index is 781. The van der Waals surface area contributed by atoms with E-state index in [0.29, 0.717) is 11.4 Å². The lowest BCUT2D eigenvalue weighted by Crippen LogP contribution is -2.29. The molecule has 0 N–H and O–H groups in total. The third-order valence-corrected chi connectivity index (χ3v) is 5.03. The van der Waals surface area contributed by atoms with Crippen molar-refractivity contribution in [3.8, 4) is 0 Å². The lowest BCUT2D eigenvalue weighted by Gasteiger charge is -2.12. The molecule has 5 nitrogen and oxygen atoms in total. The molecule has 2 amide bonds. The molecule has 2 aromatic rings. The third-order valence-electron chi connectivity index (χ3n) is 4.07. The molecule has 6 heteroatoms. The quantitative estimate of drug-likeness (QED) is 0.562. The minimum absolute atomic E-state index is 0.129. The number of hydrogen-bond donors (Lipinski definition) is 0. The van der Waals surface area contributed by atoms with Crippen molar-refractivity contribution in [2.45, 2.75) is 39.0 Å². The van der Waals surface area contributed by atoms with Gasteiger partial charge in [0.2, 0.25) is 0 Å². The standard InChI is InChI=1S/C18H21N3O2S/c1-2-3-9-15-17(22)21(18(23)24-15)12-5-4-7-14-8-6-10-16-19-11-13-20(14)16/h6,8-11,13H,2-5,7,12H2,1H3/b15-9+. The highest BCUT2D eigenvalue weighted by molar-refractivity contribution is 8.18. The van der Waals surface area contributed by atoms with Gasteiger partial charge in [-0.2, -0.15) is 0 Å². The van der Waals surface area contributed by atoms with Crippen molar-refractivity contribution in [2.24, 2.45) is 0 Å². The van der Waals surface area contributed by atoms with E-state index >= 15 is 0 Å². The van der Waals surface area contributed by atoms with Crippen molar-refractivity contribution in [3.05, 3.63) is 47.3 Å². The number of thioether (sulfide) groups is 1. The highest BCUT2D eigenvalue weighted by Crippen LogP contribution is 2.31. The van der Waals surface area contributed by atoms with Crippen molar-refractivity contribution in [2.75, 3.05) is 6.54 Å². The summed E-state index contributed by atoms with van der Waals surface area (Å²) in [5.74, 6) is -0.129. The lowest BCUT2D eigenvalue weighted by atomic mass is 10.1. The molecular weight excluding hydrogens is 322 g/mol. The topological polar surface area (TPSA) is 54.7 Å². The predicted molar refractivity (Wildman–Crippen MR) is 95.8 cm³/mol. The molecule has 0 unspecified atom stereocenters. The summed E-state index contributed by atoms with van der Waals surface area (Å²) in [4.78, 5) is 30.5. The maximum Gasteiger partial charge on any atom is 0.293 e. The number of allylic oxidation sites excluding steroid dienone is 1. The van der Waals surface area contributed by atoms with Gasteiger partial charge in [-0.3, -0.25) is 14.5 Å². The zero-order chi connectivity index (χ0) is 16.9. The SMILES string of the molecule is CCC/C=C1/SC(=O)N(CCCCc2cccc3nccn23)C1=O. The van der Waals surface area contributed by atoms with Gasteiger partial charge in [-0.1, -0.05) is 25.5 Å². The Kier molecular flexibility index (Phi) is 5.35. The second kappa shape index (κ2) is 7.66. The van der Waals surface area contributed by atoms with Crippen molar-refractivity contribution in [1.29, 1.82) is 0 Å². The number of aromatic nitrogens is 2. The summed E-state index contributed by atoms with van der Waals surface area (Å²) in [6.45, 7) is 2.55. The van der Waals surface area contributed by atoms with E-state index in [-0.39, 0.29) is 11.1 Å². The summed E-state index contributed by atoms with van der Waals surface area (Å²) < 4.78 is 2.08. The van der Waals surface area contributed by atoms with Crippen LogP contribution in [-0.4, -0.2) is 32.0 Å². The van der Waals surface area contributed by atoms with Crippen LogP contribution in [0.3, 0.4) is 0 Å². The molecule has 0 bridgehead atoms. The first-order valence-electron chi connectivity index (χ1n) is 8.35. The van der Waals surface area contributed by atoms with E-state index in [2.05, 4.69) is 22.4 Å². The van der Waals surface area contributed by atoms with Crippen LogP contribution in [0.4, 0.5) is 4.79 Å². The Balaban J connectivity index is 1.52. The summed E-state index contributed by atoms with van der Waals surface area (Å²) in [7, 11) is 0. The Hall–Kier alpha value is -2.08. The Morgan fingerprint density at radius 2 is 2.12 bits per heavy atom. The van der Waals surface area contributed by atoms with Crippen LogP contribution >= 0.6 is 11.8 Å². The Labute approximate surface area is 145 Å². The summed E-state index contributed by atoms with van der Waals surface area (Å²) in [6.07, 6.45) is 10.1. The summed E-state index contributed by atoms with van der Waals surface area (Å²) in [6, 6.07) is 6.07. The molecule has 1 aliphatic heterocycles. The van der Waals surface area contributed by atoms with E-state index < -0.39 is 0 Å². The first-order chi connectivity index (χ1) is 11.7. The summed E-state index contributed by atoms with van der Waals surface area (Å²) >= 11 is 1.07. The number of hydrogen-bond acceptors (Lipinski definition) is 4. The van der Waals surface area contributed by atoms with Crippen molar-refractivity contribution in [1.82, 2.24) is 14.3 Å². The van der Waals surface area contributed by atoms with Gasteiger partial charge < -0.3 is 4.40 Å². The molecule has 2 aromatic heterocycles. The van der Waals surface area contributed by atoms with Gasteiger partial charge in [-0.25, -0.2) is 4.98 Å². The molecule has 3 rings (SSSR count). The van der Waals surface area contributed by atoms with Crippen molar-refractivity contribution in [3.63, 3.8) is 0 Å². The van der Waals surface area contributed by atoms with Gasteiger partial charge in [0, 0.05) is 24.6 Å². The predicted octanol–water partition coefficient (Wildman–Crippen LogP) is 4.04.